The lowest BCUT2D eigenvalue weighted by Crippen LogP contribution is -2.54. The summed E-state index contributed by atoms with van der Waals surface area (Å²) in [6, 6.07) is -2.09. The van der Waals surface area contributed by atoms with Gasteiger partial charge in [-0.15, -0.1) is 0 Å². The summed E-state index contributed by atoms with van der Waals surface area (Å²) < 4.78 is 84.3. The molecule has 0 rings (SSSR count). The van der Waals surface area contributed by atoms with Crippen molar-refractivity contribution in [3.63, 3.8) is 0 Å². The second-order valence-electron chi connectivity index (χ2n) is 4.12. The van der Waals surface area contributed by atoms with Crippen molar-refractivity contribution in [1.82, 2.24) is 9.62 Å². The quantitative estimate of drug-likeness (QED) is 0.663. The third-order valence-electron chi connectivity index (χ3n) is 2.13. The zero-order chi connectivity index (χ0) is 16.4. The van der Waals surface area contributed by atoms with Crippen LogP contribution in [0.4, 0.5) is 22.0 Å². The van der Waals surface area contributed by atoms with Crippen molar-refractivity contribution in [2.24, 2.45) is 0 Å². The number of carboxylic acid groups (broad SMARTS) is 1. The van der Waals surface area contributed by atoms with Crippen LogP contribution in [-0.2, 0) is 14.8 Å². The van der Waals surface area contributed by atoms with E-state index in [2.05, 4.69) is 0 Å². The number of sulfonamides is 1. The normalized spacial score (nSPS) is 15.4. The molecule has 0 saturated carbocycles. The molecule has 0 aromatic carbocycles. The van der Waals surface area contributed by atoms with Crippen molar-refractivity contribution >= 4 is 16.0 Å². The molecule has 0 aliphatic rings. The summed E-state index contributed by atoms with van der Waals surface area (Å²) in [5.74, 6) is -1.85. The van der Waals surface area contributed by atoms with Gasteiger partial charge in [0, 0.05) is 0 Å². The molecular formula is C8H13F5N2O4S. The summed E-state index contributed by atoms with van der Waals surface area (Å²) in [5.41, 5.74) is 0. The molecule has 0 fully saturated rings. The number of nitrogens with zero attached hydrogens (tertiary/aromatic N) is 1. The standard InChI is InChI=1S/C8H13F5N2O4S/c1-15(2)4-3-5(6(16)17)14-20(18,19)8(12,13)7(9,10)11/h5,14H,3-4H2,1-2H3,(H,16,17). The van der Waals surface area contributed by atoms with Crippen LogP contribution in [0.1, 0.15) is 6.42 Å². The minimum Gasteiger partial charge on any atom is -0.480 e. The second-order valence-corrected chi connectivity index (χ2v) is 5.87. The van der Waals surface area contributed by atoms with Crippen LogP contribution in [0.3, 0.4) is 0 Å². The van der Waals surface area contributed by atoms with Crippen molar-refractivity contribution in [3.8, 4) is 0 Å². The maximum Gasteiger partial charge on any atom is 0.470 e. The van der Waals surface area contributed by atoms with Crippen molar-refractivity contribution in [2.75, 3.05) is 20.6 Å². The van der Waals surface area contributed by atoms with Gasteiger partial charge in [-0.2, -0.15) is 26.7 Å². The molecule has 0 amide bonds. The molecule has 2 N–H and O–H groups in total. The van der Waals surface area contributed by atoms with Gasteiger partial charge >= 0.3 is 17.4 Å². The zero-order valence-corrected chi connectivity index (χ0v) is 11.2. The molecular weight excluding hydrogens is 315 g/mol. The second kappa shape index (κ2) is 6.18. The lowest BCUT2D eigenvalue weighted by Gasteiger charge is -2.23. The van der Waals surface area contributed by atoms with Crippen molar-refractivity contribution in [3.05, 3.63) is 0 Å². The summed E-state index contributed by atoms with van der Waals surface area (Å²) in [6.07, 6.45) is -6.82. The van der Waals surface area contributed by atoms with Crippen LogP contribution in [0.15, 0.2) is 0 Å². The smallest absolute Gasteiger partial charge is 0.470 e. The highest BCUT2D eigenvalue weighted by atomic mass is 32.2. The first-order valence-electron chi connectivity index (χ1n) is 5.06. The highest BCUT2D eigenvalue weighted by molar-refractivity contribution is 7.90. The van der Waals surface area contributed by atoms with Gasteiger partial charge in [-0.1, -0.05) is 0 Å². The van der Waals surface area contributed by atoms with Crippen LogP contribution in [0.25, 0.3) is 0 Å². The lowest BCUT2D eigenvalue weighted by molar-refractivity contribution is -0.241. The van der Waals surface area contributed by atoms with Crippen molar-refractivity contribution < 1.29 is 40.3 Å². The molecule has 1 atom stereocenters. The Balaban J connectivity index is 5.18. The fourth-order valence-corrected chi connectivity index (χ4v) is 2.08. The number of halogens is 5. The summed E-state index contributed by atoms with van der Waals surface area (Å²) in [5, 5.41) is 2.57. The van der Waals surface area contributed by atoms with Crippen LogP contribution < -0.4 is 4.72 Å². The maximum atomic E-state index is 12.8. The molecule has 0 aliphatic carbocycles. The third kappa shape index (κ3) is 4.52. The molecule has 0 aliphatic heterocycles. The van der Waals surface area contributed by atoms with Gasteiger partial charge in [0.25, 0.3) is 10.0 Å². The van der Waals surface area contributed by atoms with Crippen LogP contribution >= 0.6 is 0 Å². The topological polar surface area (TPSA) is 86.7 Å². The van der Waals surface area contributed by atoms with E-state index in [0.29, 0.717) is 0 Å². The first-order valence-corrected chi connectivity index (χ1v) is 6.54. The Morgan fingerprint density at radius 1 is 1.25 bits per heavy atom. The summed E-state index contributed by atoms with van der Waals surface area (Å²) in [4.78, 5) is 12.1. The van der Waals surface area contributed by atoms with Gasteiger partial charge in [-0.25, -0.2) is 8.42 Å². The maximum absolute atomic E-state index is 12.8. The van der Waals surface area contributed by atoms with Gasteiger partial charge in [0.15, 0.2) is 0 Å². The van der Waals surface area contributed by atoms with E-state index in [0.717, 1.165) is 4.72 Å². The average molecular weight is 328 g/mol. The first-order chi connectivity index (χ1) is 8.72. The van der Waals surface area contributed by atoms with E-state index in [1.807, 2.05) is 0 Å². The van der Waals surface area contributed by atoms with Gasteiger partial charge in [0.05, 0.1) is 0 Å². The minimum absolute atomic E-state index is 0.0307. The van der Waals surface area contributed by atoms with Gasteiger partial charge in [-0.05, 0) is 27.1 Å². The predicted octanol–water partition coefficient (Wildman–Crippen LogP) is 0.466. The van der Waals surface area contributed by atoms with E-state index in [9.17, 15) is 35.2 Å². The van der Waals surface area contributed by atoms with Crippen molar-refractivity contribution in [1.29, 1.82) is 0 Å². The minimum atomic E-state index is -6.34. The van der Waals surface area contributed by atoms with Gasteiger partial charge in [-0.3, -0.25) is 4.79 Å². The first kappa shape index (κ1) is 19.0. The van der Waals surface area contributed by atoms with E-state index in [-0.39, 0.29) is 6.54 Å². The van der Waals surface area contributed by atoms with E-state index < -0.39 is 39.9 Å². The van der Waals surface area contributed by atoms with Gasteiger partial charge in [0.2, 0.25) is 0 Å². The van der Waals surface area contributed by atoms with E-state index in [4.69, 9.17) is 5.11 Å². The fourth-order valence-electron chi connectivity index (χ4n) is 1.03. The number of carboxylic acids is 1. The SMILES string of the molecule is CN(C)CCC(NS(=O)(=O)C(F)(F)C(F)(F)F)C(=O)O. The van der Waals surface area contributed by atoms with Crippen molar-refractivity contribution in [2.45, 2.75) is 23.9 Å². The third-order valence-corrected chi connectivity index (χ3v) is 3.63. The molecule has 0 bridgehead atoms. The molecule has 12 heteroatoms. The Kier molecular flexibility index (Phi) is 5.87. The fraction of sp³-hybridized carbons (Fsp3) is 0.875. The number of aliphatic carboxylic acids is 1. The van der Waals surface area contributed by atoms with E-state index >= 15 is 0 Å². The Morgan fingerprint density at radius 3 is 2.00 bits per heavy atom. The predicted molar refractivity (Wildman–Crippen MR) is 57.7 cm³/mol. The Bertz CT molecular complexity index is 448. The zero-order valence-electron chi connectivity index (χ0n) is 10.4. The van der Waals surface area contributed by atoms with Crippen LogP contribution in [-0.4, -0.2) is 62.5 Å². The number of hydrogen-bond donors (Lipinski definition) is 2. The monoisotopic (exact) mass is 328 g/mol. The molecule has 120 valence electrons. The summed E-state index contributed by atoms with van der Waals surface area (Å²) in [7, 11) is -3.25. The van der Waals surface area contributed by atoms with Crippen LogP contribution in [0.2, 0.25) is 0 Å². The molecule has 1 unspecified atom stereocenters. The highest BCUT2D eigenvalue weighted by Gasteiger charge is 2.67. The number of carbonyl (C=O) groups is 1. The number of alkyl halides is 5. The molecule has 0 aromatic heterocycles. The lowest BCUT2D eigenvalue weighted by atomic mass is 10.2. The molecule has 0 spiro atoms. The largest absolute Gasteiger partial charge is 0.480 e. The molecule has 0 radical (unpaired) electrons. The van der Waals surface area contributed by atoms with Gasteiger partial charge in [0.1, 0.15) is 6.04 Å². The summed E-state index contributed by atoms with van der Waals surface area (Å²) >= 11 is 0. The van der Waals surface area contributed by atoms with E-state index in [1.54, 1.807) is 0 Å². The Hall–Kier alpha value is -1.01. The van der Waals surface area contributed by atoms with Crippen LogP contribution in [0, 0.1) is 0 Å². The molecule has 0 aromatic rings. The number of hydrogen-bond acceptors (Lipinski definition) is 4. The van der Waals surface area contributed by atoms with Gasteiger partial charge < -0.3 is 10.0 Å². The number of nitrogens with one attached hydrogen (secondary N) is 1. The molecule has 20 heavy (non-hydrogen) atoms. The Morgan fingerprint density at radius 2 is 1.70 bits per heavy atom. The number of rotatable bonds is 7. The van der Waals surface area contributed by atoms with Crippen LogP contribution in [0.5, 0.6) is 0 Å². The molecule has 0 saturated heterocycles. The Labute approximate surface area is 111 Å². The van der Waals surface area contributed by atoms with E-state index in [1.165, 1.54) is 19.0 Å². The summed E-state index contributed by atoms with van der Waals surface area (Å²) in [6.45, 7) is -0.0307. The highest BCUT2D eigenvalue weighted by Crippen LogP contribution is 2.39. The average Bonchev–Trinajstić information content (AvgIpc) is 2.21. The molecule has 0 heterocycles. The molecule has 6 nitrogen and oxygen atoms in total.